The van der Waals surface area contributed by atoms with Gasteiger partial charge in [0, 0.05) is 32.7 Å². The predicted octanol–water partition coefficient (Wildman–Crippen LogP) is 6.13. The highest BCUT2D eigenvalue weighted by molar-refractivity contribution is 7.90. The fourth-order valence-corrected chi connectivity index (χ4v) is 6.10. The second-order valence-electron chi connectivity index (χ2n) is 10.6. The highest BCUT2D eigenvalue weighted by Crippen LogP contribution is 2.28. The van der Waals surface area contributed by atoms with Crippen LogP contribution in [0.5, 0.6) is 0 Å². The molecule has 5 rings (SSSR count). The molecule has 226 valence electrons. The van der Waals surface area contributed by atoms with Crippen LogP contribution in [0.15, 0.2) is 100 Å². The zero-order chi connectivity index (χ0) is 31.4. The minimum absolute atomic E-state index is 0.123. The highest BCUT2D eigenvalue weighted by Gasteiger charge is 2.18. The number of imidazole rings is 1. The molecule has 9 nitrogen and oxygen atoms in total. The monoisotopic (exact) mass is 609 g/mol. The summed E-state index contributed by atoms with van der Waals surface area (Å²) in [5, 5.41) is 3.22. The summed E-state index contributed by atoms with van der Waals surface area (Å²) in [4.78, 5) is 19.0. The third-order valence-electron chi connectivity index (χ3n) is 7.31. The number of aryl methyl sites for hydroxylation is 2. The average molecular weight is 610 g/mol. The number of carbonyl (C=O) groups is 1. The zero-order valence-corrected chi connectivity index (χ0v) is 26.2. The molecule has 5 aromatic rings. The van der Waals surface area contributed by atoms with E-state index < -0.39 is 10.0 Å². The molecule has 0 unspecified atom stereocenters. The molecule has 1 heterocycles. The molecule has 0 aliphatic rings. The van der Waals surface area contributed by atoms with E-state index in [1.54, 1.807) is 43.3 Å². The molecule has 0 amide bonds. The Balaban J connectivity index is 1.48. The number of rotatable bonds is 8. The molecule has 1 aromatic heterocycles. The fraction of sp³-hybridized carbons (Fsp3) is 0.206. The van der Waals surface area contributed by atoms with E-state index in [1.807, 2.05) is 49.4 Å². The number of sulfonamides is 1. The third-order valence-corrected chi connectivity index (χ3v) is 8.59. The van der Waals surface area contributed by atoms with Gasteiger partial charge < -0.3 is 19.5 Å². The Morgan fingerprint density at radius 3 is 2.32 bits per heavy atom. The number of nitrogens with zero attached hydrogens (tertiary/aromatic N) is 4. The van der Waals surface area contributed by atoms with Gasteiger partial charge in [-0.2, -0.15) is 8.42 Å². The van der Waals surface area contributed by atoms with Crippen molar-refractivity contribution >= 4 is 38.7 Å². The lowest BCUT2D eigenvalue weighted by atomic mass is 9.98. The predicted molar refractivity (Wildman–Crippen MR) is 175 cm³/mol. The van der Waals surface area contributed by atoms with E-state index in [1.165, 1.54) is 19.2 Å². The van der Waals surface area contributed by atoms with Gasteiger partial charge >= 0.3 is 5.97 Å². The van der Waals surface area contributed by atoms with Gasteiger partial charge in [0.1, 0.15) is 5.82 Å². The first-order valence-corrected chi connectivity index (χ1v) is 15.7. The van der Waals surface area contributed by atoms with Gasteiger partial charge in [-0.1, -0.05) is 67.6 Å². The van der Waals surface area contributed by atoms with Gasteiger partial charge in [-0.25, -0.2) is 9.78 Å². The van der Waals surface area contributed by atoms with Crippen LogP contribution in [0.2, 0.25) is 0 Å². The molecule has 0 radical (unpaired) electrons. The Morgan fingerprint density at radius 2 is 1.66 bits per heavy atom. The van der Waals surface area contributed by atoms with Gasteiger partial charge in [0.05, 0.1) is 28.6 Å². The SMILES string of the molecule is CCc1nc2c(C)cc(NC(=NS(=O)(=O)c3ccccc3)N(C)C)cc2n1Cc1ccc(-c2ccccc2C(=O)OC)cc1. The van der Waals surface area contributed by atoms with Crippen molar-refractivity contribution in [2.24, 2.45) is 4.40 Å². The summed E-state index contributed by atoms with van der Waals surface area (Å²) in [5.74, 6) is 0.757. The van der Waals surface area contributed by atoms with Crippen LogP contribution < -0.4 is 5.32 Å². The van der Waals surface area contributed by atoms with Crippen molar-refractivity contribution in [3.8, 4) is 11.1 Å². The smallest absolute Gasteiger partial charge is 0.338 e. The summed E-state index contributed by atoms with van der Waals surface area (Å²) >= 11 is 0. The fourth-order valence-electron chi connectivity index (χ4n) is 5.06. The number of methoxy groups -OCH3 is 1. The maximum Gasteiger partial charge on any atom is 0.338 e. The van der Waals surface area contributed by atoms with Crippen LogP contribution >= 0.6 is 0 Å². The lowest BCUT2D eigenvalue weighted by Gasteiger charge is -2.18. The molecule has 0 fully saturated rings. The summed E-state index contributed by atoms with van der Waals surface area (Å²) in [7, 11) is 0.944. The van der Waals surface area contributed by atoms with Crippen LogP contribution in [-0.4, -0.2) is 56.0 Å². The molecule has 0 spiro atoms. The van der Waals surface area contributed by atoms with E-state index in [4.69, 9.17) is 9.72 Å². The van der Waals surface area contributed by atoms with Crippen LogP contribution in [0.4, 0.5) is 5.69 Å². The largest absolute Gasteiger partial charge is 0.465 e. The topological polar surface area (TPSA) is 106 Å². The van der Waals surface area contributed by atoms with E-state index in [0.29, 0.717) is 17.8 Å². The first-order valence-electron chi connectivity index (χ1n) is 14.2. The number of fused-ring (bicyclic) bond motifs is 1. The summed E-state index contributed by atoms with van der Waals surface area (Å²) in [5.41, 5.74) is 6.78. The van der Waals surface area contributed by atoms with E-state index >= 15 is 0 Å². The number of aromatic nitrogens is 2. The number of ether oxygens (including phenoxy) is 1. The van der Waals surface area contributed by atoms with Crippen LogP contribution in [-0.2, 0) is 27.7 Å². The molecule has 0 saturated heterocycles. The Labute approximate surface area is 257 Å². The number of hydrogen-bond donors (Lipinski definition) is 1. The molecule has 44 heavy (non-hydrogen) atoms. The van der Waals surface area contributed by atoms with Crippen molar-refractivity contribution in [2.75, 3.05) is 26.5 Å². The van der Waals surface area contributed by atoms with Crippen LogP contribution in [0, 0.1) is 6.92 Å². The summed E-state index contributed by atoms with van der Waals surface area (Å²) in [6.45, 7) is 4.65. The Hall–Kier alpha value is -4.96. The quantitative estimate of drug-likeness (QED) is 0.128. The maximum absolute atomic E-state index is 13.0. The lowest BCUT2D eigenvalue weighted by molar-refractivity contribution is 0.0601. The molecule has 0 aliphatic carbocycles. The van der Waals surface area contributed by atoms with E-state index in [2.05, 4.69) is 33.3 Å². The maximum atomic E-state index is 13.0. The second-order valence-corrected chi connectivity index (χ2v) is 12.2. The first-order chi connectivity index (χ1) is 21.1. The molecular weight excluding hydrogens is 574 g/mol. The van der Waals surface area contributed by atoms with Gasteiger partial charge in [0.15, 0.2) is 0 Å². The average Bonchev–Trinajstić information content (AvgIpc) is 3.38. The Kier molecular flexibility index (Phi) is 8.82. The van der Waals surface area contributed by atoms with Crippen molar-refractivity contribution in [2.45, 2.75) is 31.7 Å². The minimum Gasteiger partial charge on any atom is -0.465 e. The van der Waals surface area contributed by atoms with Crippen LogP contribution in [0.3, 0.4) is 0 Å². The van der Waals surface area contributed by atoms with Crippen LogP contribution in [0.25, 0.3) is 22.2 Å². The van der Waals surface area contributed by atoms with E-state index in [9.17, 15) is 13.2 Å². The number of carbonyl (C=O) groups excluding carboxylic acids is 1. The third kappa shape index (κ3) is 6.35. The summed E-state index contributed by atoms with van der Waals surface area (Å²) < 4.78 is 37.3. The van der Waals surface area contributed by atoms with Crippen molar-refractivity contribution in [1.29, 1.82) is 0 Å². The molecule has 0 bridgehead atoms. The number of benzene rings is 4. The summed E-state index contributed by atoms with van der Waals surface area (Å²) in [6, 6.07) is 27.6. The Morgan fingerprint density at radius 1 is 0.977 bits per heavy atom. The highest BCUT2D eigenvalue weighted by atomic mass is 32.2. The zero-order valence-electron chi connectivity index (χ0n) is 25.4. The van der Waals surface area contributed by atoms with Gasteiger partial charge in [0.25, 0.3) is 10.0 Å². The van der Waals surface area contributed by atoms with Crippen molar-refractivity contribution in [1.82, 2.24) is 14.5 Å². The number of guanidine groups is 1. The Bertz CT molecular complexity index is 1950. The molecule has 0 atom stereocenters. The molecule has 1 N–H and O–H groups in total. The second kappa shape index (κ2) is 12.7. The number of esters is 1. The molecule has 0 saturated carbocycles. The van der Waals surface area contributed by atoms with Crippen molar-refractivity contribution < 1.29 is 17.9 Å². The number of nitrogens with one attached hydrogen (secondary N) is 1. The lowest BCUT2D eigenvalue weighted by Crippen LogP contribution is -2.30. The number of anilines is 1. The van der Waals surface area contributed by atoms with Gasteiger partial charge in [-0.05, 0) is 59.5 Å². The number of hydrogen-bond acceptors (Lipinski definition) is 5. The molecule has 0 aliphatic heterocycles. The van der Waals surface area contributed by atoms with Crippen molar-refractivity contribution in [3.63, 3.8) is 0 Å². The molecular formula is C34H35N5O4S. The van der Waals surface area contributed by atoms with E-state index in [-0.39, 0.29) is 16.8 Å². The molecule has 10 heteroatoms. The first kappa shape index (κ1) is 30.5. The van der Waals surface area contributed by atoms with Crippen molar-refractivity contribution in [3.05, 3.63) is 114 Å². The van der Waals surface area contributed by atoms with Gasteiger partial charge in [0.2, 0.25) is 5.96 Å². The molecule has 4 aromatic carbocycles. The normalized spacial score (nSPS) is 11.9. The van der Waals surface area contributed by atoms with Gasteiger partial charge in [-0.3, -0.25) is 0 Å². The van der Waals surface area contributed by atoms with Gasteiger partial charge in [-0.15, -0.1) is 4.40 Å². The minimum atomic E-state index is -3.92. The van der Waals surface area contributed by atoms with Crippen LogP contribution in [0.1, 0.15) is 34.2 Å². The summed E-state index contributed by atoms with van der Waals surface area (Å²) in [6.07, 6.45) is 0.737. The van der Waals surface area contributed by atoms with E-state index in [0.717, 1.165) is 45.5 Å². The standard InChI is InChI=1S/C34H35N5O4S/c1-6-31-36-32-23(2)20-26(35-34(38(3)4)37-44(41,42)27-12-8-7-9-13-27)21-30(32)39(31)22-24-16-18-25(19-17-24)28-14-10-11-15-29(28)33(40)43-5/h7-21H,6,22H2,1-5H3,(H,35,37).